The summed E-state index contributed by atoms with van der Waals surface area (Å²) >= 11 is 0. The van der Waals surface area contributed by atoms with Gasteiger partial charge >= 0.3 is 0 Å². The number of ether oxygens (including phenoxy) is 2. The van der Waals surface area contributed by atoms with Crippen LogP contribution in [0.2, 0.25) is 0 Å². The van der Waals surface area contributed by atoms with Crippen molar-refractivity contribution in [2.75, 3.05) is 20.3 Å². The molecule has 2 unspecified atom stereocenters. The Bertz CT molecular complexity index is 445. The molecule has 0 radical (unpaired) electrons. The first-order valence-corrected chi connectivity index (χ1v) is 7.20. The van der Waals surface area contributed by atoms with Gasteiger partial charge in [0.2, 0.25) is 0 Å². The lowest BCUT2D eigenvalue weighted by atomic mass is 9.90. The number of hydrazine groups is 1. The van der Waals surface area contributed by atoms with E-state index < -0.39 is 0 Å². The number of nitrogens with zero attached hydrogens (tertiary/aromatic N) is 1. The Morgan fingerprint density at radius 2 is 2.35 bits per heavy atom. The van der Waals surface area contributed by atoms with E-state index >= 15 is 0 Å². The molecule has 5 nitrogen and oxygen atoms in total. The number of nitrogens with one attached hydrogen (secondary N) is 1. The Kier molecular flexibility index (Phi) is 5.34. The Labute approximate surface area is 120 Å². The van der Waals surface area contributed by atoms with Crippen molar-refractivity contribution in [3.05, 3.63) is 23.0 Å². The molecule has 1 aromatic rings. The second-order valence-corrected chi connectivity index (χ2v) is 5.50. The summed E-state index contributed by atoms with van der Waals surface area (Å²) in [7, 11) is 1.70. The first-order valence-electron chi connectivity index (χ1n) is 7.20. The molecule has 1 fully saturated rings. The molecule has 0 aliphatic carbocycles. The summed E-state index contributed by atoms with van der Waals surface area (Å²) in [5.74, 6) is 7.11. The third-order valence-corrected chi connectivity index (χ3v) is 4.14. The van der Waals surface area contributed by atoms with Gasteiger partial charge in [-0.25, -0.2) is 0 Å². The normalized spacial score (nSPS) is 20.7. The molecular formula is C15H25N3O2. The number of aryl methyl sites for hydroxylation is 1. The molecule has 3 N–H and O–H groups in total. The number of pyridine rings is 1. The van der Waals surface area contributed by atoms with Crippen LogP contribution in [0.15, 0.2) is 6.20 Å². The van der Waals surface area contributed by atoms with Crippen LogP contribution in [0, 0.1) is 19.8 Å². The number of nitrogens with two attached hydrogens (primary N) is 1. The maximum Gasteiger partial charge on any atom is 0.128 e. The fourth-order valence-corrected chi connectivity index (χ4v) is 2.93. The predicted octanol–water partition coefficient (Wildman–Crippen LogP) is 1.51. The predicted molar refractivity (Wildman–Crippen MR) is 78.6 cm³/mol. The molecule has 2 atom stereocenters. The van der Waals surface area contributed by atoms with Gasteiger partial charge in [0.1, 0.15) is 5.75 Å². The summed E-state index contributed by atoms with van der Waals surface area (Å²) in [6.45, 7) is 5.70. The van der Waals surface area contributed by atoms with Gasteiger partial charge in [0.15, 0.2) is 0 Å². The zero-order valence-electron chi connectivity index (χ0n) is 12.6. The summed E-state index contributed by atoms with van der Waals surface area (Å²) in [5.41, 5.74) is 6.14. The molecule has 0 spiro atoms. The summed E-state index contributed by atoms with van der Waals surface area (Å²) in [6.07, 6.45) is 4.92. The minimum absolute atomic E-state index is 0.189. The molecular weight excluding hydrogens is 254 g/mol. The fraction of sp³-hybridized carbons (Fsp3) is 0.667. The zero-order valence-corrected chi connectivity index (χ0v) is 12.6. The molecule has 1 aliphatic rings. The quantitative estimate of drug-likeness (QED) is 0.631. The SMILES string of the molecule is COc1c(C)cnc(CC(NN)C2CCCOC2)c1C. The second kappa shape index (κ2) is 7.02. The van der Waals surface area contributed by atoms with Crippen molar-refractivity contribution in [3.63, 3.8) is 0 Å². The highest BCUT2D eigenvalue weighted by Gasteiger charge is 2.25. The molecule has 1 aromatic heterocycles. The molecule has 1 saturated heterocycles. The first-order chi connectivity index (χ1) is 9.67. The van der Waals surface area contributed by atoms with Crippen molar-refractivity contribution in [1.29, 1.82) is 0 Å². The topological polar surface area (TPSA) is 69.4 Å². The van der Waals surface area contributed by atoms with Gasteiger partial charge in [-0.05, 0) is 32.6 Å². The lowest BCUT2D eigenvalue weighted by Crippen LogP contribution is -2.45. The van der Waals surface area contributed by atoms with E-state index in [9.17, 15) is 0 Å². The van der Waals surface area contributed by atoms with E-state index in [4.69, 9.17) is 15.3 Å². The molecule has 2 rings (SSSR count). The smallest absolute Gasteiger partial charge is 0.128 e. The van der Waals surface area contributed by atoms with E-state index in [1.807, 2.05) is 13.1 Å². The van der Waals surface area contributed by atoms with Crippen LogP contribution in [0.4, 0.5) is 0 Å². The van der Waals surface area contributed by atoms with Crippen LogP contribution in [0.25, 0.3) is 0 Å². The maximum absolute atomic E-state index is 5.74. The summed E-state index contributed by atoms with van der Waals surface area (Å²) in [4.78, 5) is 4.55. The van der Waals surface area contributed by atoms with E-state index in [2.05, 4.69) is 17.3 Å². The lowest BCUT2D eigenvalue weighted by Gasteiger charge is -2.30. The van der Waals surface area contributed by atoms with E-state index in [0.29, 0.717) is 5.92 Å². The van der Waals surface area contributed by atoms with Crippen LogP contribution >= 0.6 is 0 Å². The van der Waals surface area contributed by atoms with Crippen molar-refractivity contribution in [3.8, 4) is 5.75 Å². The first kappa shape index (κ1) is 15.2. The Hall–Kier alpha value is -1.17. The Morgan fingerprint density at radius 3 is 2.95 bits per heavy atom. The van der Waals surface area contributed by atoms with Crippen LogP contribution in [0.5, 0.6) is 5.75 Å². The van der Waals surface area contributed by atoms with Crippen LogP contribution < -0.4 is 16.0 Å². The third-order valence-electron chi connectivity index (χ3n) is 4.14. The third kappa shape index (κ3) is 3.29. The molecule has 112 valence electrons. The number of rotatable bonds is 5. The molecule has 0 amide bonds. The average Bonchev–Trinajstić information content (AvgIpc) is 2.48. The van der Waals surface area contributed by atoms with Gasteiger partial charge in [0, 0.05) is 42.1 Å². The monoisotopic (exact) mass is 279 g/mol. The lowest BCUT2D eigenvalue weighted by molar-refractivity contribution is 0.0391. The molecule has 0 saturated carbocycles. The average molecular weight is 279 g/mol. The molecule has 0 aromatic carbocycles. The molecule has 0 bridgehead atoms. The highest BCUT2D eigenvalue weighted by Crippen LogP contribution is 2.26. The molecule has 2 heterocycles. The van der Waals surface area contributed by atoms with Crippen molar-refractivity contribution in [2.24, 2.45) is 11.8 Å². The van der Waals surface area contributed by atoms with Gasteiger partial charge in [-0.1, -0.05) is 0 Å². The minimum atomic E-state index is 0.189. The van der Waals surface area contributed by atoms with E-state index in [1.165, 1.54) is 0 Å². The largest absolute Gasteiger partial charge is 0.496 e. The number of aromatic nitrogens is 1. The van der Waals surface area contributed by atoms with Crippen molar-refractivity contribution in [2.45, 2.75) is 39.2 Å². The fourth-order valence-electron chi connectivity index (χ4n) is 2.93. The van der Waals surface area contributed by atoms with Gasteiger partial charge in [0.05, 0.1) is 13.7 Å². The maximum atomic E-state index is 5.74. The highest BCUT2D eigenvalue weighted by molar-refractivity contribution is 5.41. The number of methoxy groups -OCH3 is 1. The standard InChI is InChI=1S/C15H25N3O2/c1-10-8-17-13(11(2)15(10)19-3)7-14(18-16)12-5-4-6-20-9-12/h8,12,14,18H,4-7,9,16H2,1-3H3. The van der Waals surface area contributed by atoms with Gasteiger partial charge in [-0.3, -0.25) is 16.3 Å². The van der Waals surface area contributed by atoms with Gasteiger partial charge in [-0.2, -0.15) is 0 Å². The molecule has 20 heavy (non-hydrogen) atoms. The van der Waals surface area contributed by atoms with Crippen LogP contribution in [-0.4, -0.2) is 31.3 Å². The molecule has 1 aliphatic heterocycles. The van der Waals surface area contributed by atoms with Crippen molar-refractivity contribution >= 4 is 0 Å². The van der Waals surface area contributed by atoms with E-state index in [-0.39, 0.29) is 6.04 Å². The number of hydrogen-bond acceptors (Lipinski definition) is 5. The van der Waals surface area contributed by atoms with Crippen LogP contribution in [-0.2, 0) is 11.2 Å². The zero-order chi connectivity index (χ0) is 14.5. The highest BCUT2D eigenvalue weighted by atomic mass is 16.5. The van der Waals surface area contributed by atoms with E-state index in [1.54, 1.807) is 7.11 Å². The minimum Gasteiger partial charge on any atom is -0.496 e. The summed E-state index contributed by atoms with van der Waals surface area (Å²) in [6, 6.07) is 0.189. The van der Waals surface area contributed by atoms with E-state index in [0.717, 1.165) is 55.0 Å². The second-order valence-electron chi connectivity index (χ2n) is 5.50. The van der Waals surface area contributed by atoms with Crippen LogP contribution in [0.1, 0.15) is 29.7 Å². The number of hydrogen-bond donors (Lipinski definition) is 2. The van der Waals surface area contributed by atoms with Crippen molar-refractivity contribution < 1.29 is 9.47 Å². The Morgan fingerprint density at radius 1 is 1.55 bits per heavy atom. The molecule has 5 heteroatoms. The Balaban J connectivity index is 2.14. The van der Waals surface area contributed by atoms with Crippen LogP contribution in [0.3, 0.4) is 0 Å². The summed E-state index contributed by atoms with van der Waals surface area (Å²) in [5, 5.41) is 0. The van der Waals surface area contributed by atoms with Gasteiger partial charge in [-0.15, -0.1) is 0 Å². The summed E-state index contributed by atoms with van der Waals surface area (Å²) < 4.78 is 11.0. The van der Waals surface area contributed by atoms with Crippen molar-refractivity contribution in [1.82, 2.24) is 10.4 Å². The van der Waals surface area contributed by atoms with Gasteiger partial charge in [0.25, 0.3) is 0 Å². The van der Waals surface area contributed by atoms with Gasteiger partial charge < -0.3 is 9.47 Å².